The molecule has 0 amide bonds. The lowest BCUT2D eigenvalue weighted by atomic mass is 9.80. The fourth-order valence-electron chi connectivity index (χ4n) is 2.21. The number of esters is 1. The summed E-state index contributed by atoms with van der Waals surface area (Å²) in [5.41, 5.74) is -0.868. The van der Waals surface area contributed by atoms with Crippen LogP contribution in [0.15, 0.2) is 11.6 Å². The second-order valence-electron chi connectivity index (χ2n) is 5.56. The highest BCUT2D eigenvalue weighted by atomic mass is 16.9. The molecule has 3 N–H and O–H groups in total. The molecular weight excluding hydrogens is 280 g/mol. The van der Waals surface area contributed by atoms with Crippen LogP contribution in [0, 0.1) is 5.41 Å². The smallest absolute Gasteiger partial charge is 0.333 e. The van der Waals surface area contributed by atoms with Crippen molar-refractivity contribution in [3.63, 3.8) is 0 Å². The fraction of sp³-hybridized carbons (Fsp3) is 0.786. The molecule has 122 valence electrons. The van der Waals surface area contributed by atoms with Gasteiger partial charge in [0.1, 0.15) is 0 Å². The zero-order chi connectivity index (χ0) is 16.3. The van der Waals surface area contributed by atoms with Gasteiger partial charge >= 0.3 is 5.97 Å². The van der Waals surface area contributed by atoms with Crippen LogP contribution in [0.4, 0.5) is 0 Å². The molecule has 1 saturated heterocycles. The van der Waals surface area contributed by atoms with Gasteiger partial charge in [0.15, 0.2) is 5.79 Å². The van der Waals surface area contributed by atoms with Gasteiger partial charge in [-0.15, -0.1) is 0 Å². The number of ether oxygens (including phenoxy) is 3. The summed E-state index contributed by atoms with van der Waals surface area (Å²) in [5, 5.41) is 28.3. The molecule has 7 nitrogen and oxygen atoms in total. The first-order chi connectivity index (χ1) is 9.71. The van der Waals surface area contributed by atoms with Gasteiger partial charge in [0.05, 0.1) is 31.8 Å². The number of carbonyl (C=O) groups is 1. The molecule has 1 rings (SSSR count). The minimum Gasteiger partial charge on any atom is -0.463 e. The zero-order valence-electron chi connectivity index (χ0n) is 12.9. The third-order valence-electron chi connectivity index (χ3n) is 3.64. The van der Waals surface area contributed by atoms with Gasteiger partial charge in [0.2, 0.25) is 5.79 Å². The molecule has 1 fully saturated rings. The summed E-state index contributed by atoms with van der Waals surface area (Å²) in [7, 11) is 0. The van der Waals surface area contributed by atoms with Crippen LogP contribution in [-0.4, -0.2) is 59.3 Å². The summed E-state index contributed by atoms with van der Waals surface area (Å²) in [4.78, 5) is 11.6. The van der Waals surface area contributed by atoms with E-state index in [1.54, 1.807) is 20.8 Å². The van der Waals surface area contributed by atoms with E-state index >= 15 is 0 Å². The van der Waals surface area contributed by atoms with E-state index in [0.717, 1.165) is 0 Å². The molecule has 0 saturated carbocycles. The van der Waals surface area contributed by atoms with Crippen LogP contribution >= 0.6 is 0 Å². The molecule has 1 aliphatic rings. The van der Waals surface area contributed by atoms with Gasteiger partial charge in [-0.2, -0.15) is 0 Å². The molecule has 0 unspecified atom stereocenters. The molecule has 0 aromatic heterocycles. The maximum Gasteiger partial charge on any atom is 0.333 e. The van der Waals surface area contributed by atoms with Gasteiger partial charge in [-0.1, -0.05) is 0 Å². The van der Waals surface area contributed by atoms with Crippen LogP contribution < -0.4 is 0 Å². The van der Waals surface area contributed by atoms with E-state index in [0.29, 0.717) is 5.57 Å². The summed E-state index contributed by atoms with van der Waals surface area (Å²) < 4.78 is 16.1. The Hall–Kier alpha value is -0.990. The molecular formula is C14H24O7. The van der Waals surface area contributed by atoms with E-state index in [-0.39, 0.29) is 6.61 Å². The first-order valence-electron chi connectivity index (χ1n) is 6.81. The monoisotopic (exact) mass is 304 g/mol. The number of aliphatic hydroxyl groups excluding tert-OH is 3. The van der Waals surface area contributed by atoms with Crippen molar-refractivity contribution in [1.29, 1.82) is 0 Å². The minimum atomic E-state index is -1.52. The van der Waals surface area contributed by atoms with Crippen LogP contribution in [-0.2, 0) is 19.0 Å². The molecule has 0 radical (unpaired) electrons. The highest BCUT2D eigenvalue weighted by Crippen LogP contribution is 2.49. The molecule has 0 aromatic carbocycles. The lowest BCUT2D eigenvalue weighted by molar-refractivity contribution is -0.524. The Balaban J connectivity index is 2.88. The summed E-state index contributed by atoms with van der Waals surface area (Å²) >= 11 is 0. The van der Waals surface area contributed by atoms with E-state index < -0.39 is 42.8 Å². The van der Waals surface area contributed by atoms with Crippen molar-refractivity contribution in [3.8, 4) is 0 Å². The van der Waals surface area contributed by atoms with E-state index in [2.05, 4.69) is 0 Å². The molecule has 7 heteroatoms. The Morgan fingerprint density at radius 1 is 1.29 bits per heavy atom. The lowest BCUT2D eigenvalue weighted by Gasteiger charge is -2.58. The number of hydrogen-bond acceptors (Lipinski definition) is 7. The minimum absolute atomic E-state index is 0.260. The van der Waals surface area contributed by atoms with E-state index in [1.165, 1.54) is 13.0 Å². The van der Waals surface area contributed by atoms with E-state index in [1.807, 2.05) is 0 Å². The van der Waals surface area contributed by atoms with Crippen LogP contribution in [0.1, 0.15) is 27.7 Å². The molecule has 0 spiro atoms. The normalized spacial score (nSPS) is 30.0. The van der Waals surface area contributed by atoms with E-state index in [9.17, 15) is 20.1 Å². The van der Waals surface area contributed by atoms with Gasteiger partial charge in [0, 0.05) is 5.57 Å². The topological polar surface area (TPSA) is 105 Å². The van der Waals surface area contributed by atoms with Crippen molar-refractivity contribution < 1.29 is 34.3 Å². The third kappa shape index (κ3) is 3.27. The van der Waals surface area contributed by atoms with Crippen LogP contribution in [0.3, 0.4) is 0 Å². The standard InChI is InChI=1S/C14H24O7/c1-5-19-11(18)10(2)6-13(4)20-14(9-17,21-13)12(3,7-15)8-16/h6,15-17H,5,7-9H2,1-4H3/b10-6+. The predicted octanol–water partition coefficient (Wildman–Crippen LogP) is -0.0617. The zero-order valence-corrected chi connectivity index (χ0v) is 12.9. The maximum atomic E-state index is 11.6. The second kappa shape index (κ2) is 6.41. The second-order valence-corrected chi connectivity index (χ2v) is 5.56. The Morgan fingerprint density at radius 2 is 1.81 bits per heavy atom. The van der Waals surface area contributed by atoms with Crippen LogP contribution in [0.2, 0.25) is 0 Å². The average Bonchev–Trinajstić information content (AvgIpc) is 2.43. The number of carbonyl (C=O) groups excluding carboxylic acids is 1. The number of rotatable bonds is 7. The summed E-state index contributed by atoms with van der Waals surface area (Å²) in [6.07, 6.45) is 1.44. The SMILES string of the molecule is CCOC(=O)/C(C)=C/C1(C)OC(CO)(C(C)(CO)CO)O1. The van der Waals surface area contributed by atoms with Crippen molar-refractivity contribution in [2.24, 2.45) is 5.41 Å². The van der Waals surface area contributed by atoms with Crippen molar-refractivity contribution in [3.05, 3.63) is 11.6 Å². The van der Waals surface area contributed by atoms with Crippen molar-refractivity contribution in [1.82, 2.24) is 0 Å². The van der Waals surface area contributed by atoms with Gasteiger partial charge in [0.25, 0.3) is 0 Å². The molecule has 0 bridgehead atoms. The summed E-state index contributed by atoms with van der Waals surface area (Å²) in [6, 6.07) is 0. The van der Waals surface area contributed by atoms with Gasteiger partial charge < -0.3 is 29.5 Å². The first-order valence-corrected chi connectivity index (χ1v) is 6.81. The Labute approximate surface area is 124 Å². The molecule has 0 atom stereocenters. The molecule has 21 heavy (non-hydrogen) atoms. The number of hydrogen-bond donors (Lipinski definition) is 3. The van der Waals surface area contributed by atoms with Gasteiger partial charge in [-0.3, -0.25) is 0 Å². The Kier molecular flexibility index (Phi) is 5.51. The van der Waals surface area contributed by atoms with Gasteiger partial charge in [-0.05, 0) is 33.8 Å². The van der Waals surface area contributed by atoms with Gasteiger partial charge in [-0.25, -0.2) is 4.79 Å². The highest BCUT2D eigenvalue weighted by Gasteiger charge is 2.63. The average molecular weight is 304 g/mol. The third-order valence-corrected chi connectivity index (χ3v) is 3.64. The van der Waals surface area contributed by atoms with Crippen molar-refractivity contribution >= 4 is 5.97 Å². The van der Waals surface area contributed by atoms with Crippen LogP contribution in [0.25, 0.3) is 0 Å². The quantitative estimate of drug-likeness (QED) is 0.447. The Morgan fingerprint density at radius 3 is 2.19 bits per heavy atom. The number of aliphatic hydroxyl groups is 3. The molecule has 0 aromatic rings. The highest BCUT2D eigenvalue weighted by molar-refractivity contribution is 5.87. The van der Waals surface area contributed by atoms with Crippen molar-refractivity contribution in [2.75, 3.05) is 26.4 Å². The van der Waals surface area contributed by atoms with E-state index in [4.69, 9.17) is 14.2 Å². The predicted molar refractivity (Wildman–Crippen MR) is 73.1 cm³/mol. The molecule has 0 aliphatic carbocycles. The Bertz CT molecular complexity index is 406. The summed E-state index contributed by atoms with van der Waals surface area (Å²) in [6.45, 7) is 5.23. The molecule has 1 heterocycles. The van der Waals surface area contributed by atoms with Crippen molar-refractivity contribution in [2.45, 2.75) is 39.3 Å². The maximum absolute atomic E-state index is 11.6. The summed E-state index contributed by atoms with van der Waals surface area (Å²) in [5.74, 6) is -3.23. The fourth-order valence-corrected chi connectivity index (χ4v) is 2.21. The first kappa shape index (κ1) is 18.1. The van der Waals surface area contributed by atoms with Crippen LogP contribution in [0.5, 0.6) is 0 Å². The molecule has 1 aliphatic heterocycles. The lowest BCUT2D eigenvalue weighted by Crippen LogP contribution is -2.71. The largest absolute Gasteiger partial charge is 0.463 e.